The summed E-state index contributed by atoms with van der Waals surface area (Å²) >= 11 is 1.51. The molecule has 6 heteroatoms. The lowest BCUT2D eigenvalue weighted by Gasteiger charge is -2.22. The van der Waals surface area contributed by atoms with Crippen LogP contribution in [0.1, 0.15) is 6.42 Å². The lowest BCUT2D eigenvalue weighted by molar-refractivity contribution is -0.138. The number of carboxylic acid groups (broad SMARTS) is 1. The lowest BCUT2D eigenvalue weighted by atomic mass is 10.3. The Morgan fingerprint density at radius 2 is 2.50 bits per heavy atom. The second-order valence-corrected chi connectivity index (χ2v) is 4.16. The van der Waals surface area contributed by atoms with E-state index >= 15 is 0 Å². The van der Waals surface area contributed by atoms with Crippen LogP contribution in [-0.4, -0.2) is 48.1 Å². The summed E-state index contributed by atoms with van der Waals surface area (Å²) in [6.07, 6.45) is 1.05. The van der Waals surface area contributed by atoms with E-state index in [0.29, 0.717) is 12.5 Å². The van der Waals surface area contributed by atoms with Gasteiger partial charge in [-0.25, -0.2) is 0 Å². The van der Waals surface area contributed by atoms with Crippen LogP contribution in [0.15, 0.2) is 0 Å². The fourth-order valence-electron chi connectivity index (χ4n) is 1.03. The van der Waals surface area contributed by atoms with Crippen LogP contribution in [0.5, 0.6) is 0 Å². The van der Waals surface area contributed by atoms with Gasteiger partial charge in [0.1, 0.15) is 12.8 Å². The summed E-state index contributed by atoms with van der Waals surface area (Å²) in [5.41, 5.74) is 5.35. The molecule has 1 fully saturated rings. The number of hydrogen-bond donors (Lipinski definition) is 2. The van der Waals surface area contributed by atoms with Gasteiger partial charge in [0, 0.05) is 11.5 Å². The summed E-state index contributed by atoms with van der Waals surface area (Å²) in [6, 6.07) is -0.778. The van der Waals surface area contributed by atoms with E-state index in [9.17, 15) is 4.79 Å². The van der Waals surface area contributed by atoms with Crippen LogP contribution in [-0.2, 0) is 14.3 Å². The molecule has 1 aliphatic rings. The summed E-state index contributed by atoms with van der Waals surface area (Å²) in [6.45, 7) is 1.06. The van der Waals surface area contributed by atoms with Crippen molar-refractivity contribution in [1.29, 1.82) is 0 Å². The van der Waals surface area contributed by atoms with Gasteiger partial charge in [-0.15, -0.1) is 0 Å². The SMILES string of the molecule is NC(CSCC1CCOCO1)C(=O)O. The third kappa shape index (κ3) is 4.28. The molecule has 0 amide bonds. The van der Waals surface area contributed by atoms with E-state index < -0.39 is 12.0 Å². The van der Waals surface area contributed by atoms with Crippen LogP contribution >= 0.6 is 11.8 Å². The van der Waals surface area contributed by atoms with Crippen LogP contribution in [0.4, 0.5) is 0 Å². The van der Waals surface area contributed by atoms with Gasteiger partial charge in [-0.05, 0) is 6.42 Å². The van der Waals surface area contributed by atoms with E-state index in [2.05, 4.69) is 0 Å². The smallest absolute Gasteiger partial charge is 0.321 e. The van der Waals surface area contributed by atoms with Crippen LogP contribution in [0.3, 0.4) is 0 Å². The molecule has 0 bridgehead atoms. The van der Waals surface area contributed by atoms with E-state index in [0.717, 1.165) is 18.8 Å². The molecule has 1 saturated heterocycles. The molecular formula is C8H15NO4S. The predicted octanol–water partition coefficient (Wildman–Crippen LogP) is -0.105. The minimum Gasteiger partial charge on any atom is -0.480 e. The van der Waals surface area contributed by atoms with Crippen LogP contribution < -0.4 is 5.73 Å². The van der Waals surface area contributed by atoms with Gasteiger partial charge in [-0.3, -0.25) is 4.79 Å². The van der Waals surface area contributed by atoms with Gasteiger partial charge in [0.15, 0.2) is 0 Å². The monoisotopic (exact) mass is 221 g/mol. The maximum atomic E-state index is 10.4. The zero-order valence-corrected chi connectivity index (χ0v) is 8.66. The minimum atomic E-state index is -0.953. The quantitative estimate of drug-likeness (QED) is 0.674. The molecule has 1 heterocycles. The summed E-state index contributed by atoms with van der Waals surface area (Å²) in [5, 5.41) is 8.53. The number of hydrogen-bond acceptors (Lipinski definition) is 5. The highest BCUT2D eigenvalue weighted by Gasteiger charge is 2.16. The predicted molar refractivity (Wildman–Crippen MR) is 53.2 cm³/mol. The second-order valence-electron chi connectivity index (χ2n) is 3.09. The number of aliphatic carboxylic acids is 1. The third-order valence-corrected chi connectivity index (χ3v) is 3.09. The van der Waals surface area contributed by atoms with Crippen molar-refractivity contribution in [3.05, 3.63) is 0 Å². The Kier molecular flexibility index (Phi) is 5.24. The molecule has 3 N–H and O–H groups in total. The Labute approximate surface area is 86.9 Å². The van der Waals surface area contributed by atoms with Crippen molar-refractivity contribution in [2.45, 2.75) is 18.6 Å². The number of nitrogens with two attached hydrogens (primary N) is 1. The summed E-state index contributed by atoms with van der Waals surface area (Å²) < 4.78 is 10.3. The molecule has 0 spiro atoms. The molecule has 2 atom stereocenters. The fraction of sp³-hybridized carbons (Fsp3) is 0.875. The first-order chi connectivity index (χ1) is 6.70. The van der Waals surface area contributed by atoms with Crippen molar-refractivity contribution >= 4 is 17.7 Å². The van der Waals surface area contributed by atoms with Crippen molar-refractivity contribution < 1.29 is 19.4 Å². The number of ether oxygens (including phenoxy) is 2. The van der Waals surface area contributed by atoms with Crippen molar-refractivity contribution in [3.63, 3.8) is 0 Å². The highest BCUT2D eigenvalue weighted by atomic mass is 32.2. The standard InChI is InChI=1S/C8H15NO4S/c9-7(8(10)11)4-14-3-6-1-2-12-5-13-6/h6-7H,1-5,9H2,(H,10,11). The average Bonchev–Trinajstić information content (AvgIpc) is 2.19. The van der Waals surface area contributed by atoms with Crippen LogP contribution in [0, 0.1) is 0 Å². The van der Waals surface area contributed by atoms with Crippen molar-refractivity contribution in [2.75, 3.05) is 24.9 Å². The molecule has 1 rings (SSSR count). The van der Waals surface area contributed by atoms with Gasteiger partial charge < -0.3 is 20.3 Å². The normalized spacial score (nSPS) is 24.5. The number of carboxylic acids is 1. The molecule has 14 heavy (non-hydrogen) atoms. The first kappa shape index (κ1) is 11.8. The third-order valence-electron chi connectivity index (χ3n) is 1.89. The van der Waals surface area contributed by atoms with Gasteiger partial charge in [-0.2, -0.15) is 11.8 Å². The Morgan fingerprint density at radius 3 is 3.07 bits per heavy atom. The Hall–Kier alpha value is -0.300. The zero-order valence-electron chi connectivity index (χ0n) is 7.85. The highest BCUT2D eigenvalue weighted by Crippen LogP contribution is 2.13. The maximum Gasteiger partial charge on any atom is 0.321 e. The molecule has 0 aliphatic carbocycles. The van der Waals surface area contributed by atoms with Crippen molar-refractivity contribution in [2.24, 2.45) is 5.73 Å². The number of thioether (sulfide) groups is 1. The Bertz CT molecular complexity index is 184. The lowest BCUT2D eigenvalue weighted by Crippen LogP contribution is -2.33. The number of carbonyl (C=O) groups is 1. The van der Waals surface area contributed by atoms with Gasteiger partial charge in [0.05, 0.1) is 12.7 Å². The van der Waals surface area contributed by atoms with Crippen molar-refractivity contribution in [3.8, 4) is 0 Å². The molecule has 82 valence electrons. The average molecular weight is 221 g/mol. The number of rotatable bonds is 5. The van der Waals surface area contributed by atoms with Gasteiger partial charge in [-0.1, -0.05) is 0 Å². The molecule has 1 aliphatic heterocycles. The zero-order chi connectivity index (χ0) is 10.4. The Morgan fingerprint density at radius 1 is 1.71 bits per heavy atom. The van der Waals surface area contributed by atoms with E-state index in [1.807, 2.05) is 0 Å². The molecule has 0 aromatic carbocycles. The molecule has 0 aromatic heterocycles. The Balaban J connectivity index is 2.05. The molecule has 5 nitrogen and oxygen atoms in total. The molecule has 0 radical (unpaired) electrons. The minimum absolute atomic E-state index is 0.176. The molecular weight excluding hydrogens is 206 g/mol. The largest absolute Gasteiger partial charge is 0.480 e. The van der Waals surface area contributed by atoms with Crippen molar-refractivity contribution in [1.82, 2.24) is 0 Å². The van der Waals surface area contributed by atoms with Crippen LogP contribution in [0.25, 0.3) is 0 Å². The van der Waals surface area contributed by atoms with Gasteiger partial charge in [0.25, 0.3) is 0 Å². The molecule has 2 unspecified atom stereocenters. The topological polar surface area (TPSA) is 81.8 Å². The van der Waals surface area contributed by atoms with Gasteiger partial charge >= 0.3 is 5.97 Å². The summed E-state index contributed by atoms with van der Waals surface area (Å²) in [4.78, 5) is 10.4. The second kappa shape index (κ2) is 6.23. The van der Waals surface area contributed by atoms with E-state index in [1.54, 1.807) is 0 Å². The van der Waals surface area contributed by atoms with E-state index in [4.69, 9.17) is 20.3 Å². The van der Waals surface area contributed by atoms with Gasteiger partial charge in [0.2, 0.25) is 0 Å². The first-order valence-electron chi connectivity index (χ1n) is 4.45. The molecule has 0 saturated carbocycles. The molecule has 0 aromatic rings. The summed E-state index contributed by atoms with van der Waals surface area (Å²) in [7, 11) is 0. The maximum absolute atomic E-state index is 10.4. The van der Waals surface area contributed by atoms with E-state index in [-0.39, 0.29) is 6.10 Å². The van der Waals surface area contributed by atoms with Crippen LogP contribution in [0.2, 0.25) is 0 Å². The first-order valence-corrected chi connectivity index (χ1v) is 5.61. The fourth-order valence-corrected chi connectivity index (χ4v) is 2.09. The summed E-state index contributed by atoms with van der Waals surface area (Å²) in [5.74, 6) is 0.255. The van der Waals surface area contributed by atoms with E-state index in [1.165, 1.54) is 11.8 Å². The highest BCUT2D eigenvalue weighted by molar-refractivity contribution is 7.99.